The first-order valence-corrected chi connectivity index (χ1v) is 7.59. The van der Waals surface area contributed by atoms with Gasteiger partial charge in [0.1, 0.15) is 11.5 Å². The Morgan fingerprint density at radius 2 is 1.76 bits per heavy atom. The summed E-state index contributed by atoms with van der Waals surface area (Å²) in [5, 5.41) is 13.4. The van der Waals surface area contributed by atoms with Crippen LogP contribution in [0.4, 0.5) is 0 Å². The van der Waals surface area contributed by atoms with Crippen molar-refractivity contribution in [3.63, 3.8) is 0 Å². The van der Waals surface area contributed by atoms with E-state index >= 15 is 0 Å². The zero-order valence-corrected chi connectivity index (χ0v) is 14.2. The van der Waals surface area contributed by atoms with Crippen LogP contribution in [0.25, 0.3) is 0 Å². The summed E-state index contributed by atoms with van der Waals surface area (Å²) in [7, 11) is 3.22. The summed E-state index contributed by atoms with van der Waals surface area (Å²) >= 11 is 6.19. The molecule has 0 amide bonds. The van der Waals surface area contributed by atoms with E-state index in [0.717, 1.165) is 24.3 Å². The number of rotatable bonds is 8. The Bertz CT molecular complexity index is 451. The Kier molecular flexibility index (Phi) is 7.29. The largest absolute Gasteiger partial charge is 0.496 e. The maximum absolute atomic E-state index is 9.40. The van der Waals surface area contributed by atoms with Crippen molar-refractivity contribution in [2.75, 3.05) is 20.8 Å². The molecule has 4 nitrogen and oxygen atoms in total. The van der Waals surface area contributed by atoms with Crippen molar-refractivity contribution in [1.29, 1.82) is 0 Å². The zero-order chi connectivity index (χ0) is 16.0. The lowest BCUT2D eigenvalue weighted by Gasteiger charge is -2.21. The van der Waals surface area contributed by atoms with Crippen molar-refractivity contribution in [2.24, 2.45) is 5.92 Å². The third kappa shape index (κ3) is 5.38. The molecule has 0 radical (unpaired) electrons. The highest BCUT2D eigenvalue weighted by atomic mass is 35.5. The molecule has 0 aliphatic heterocycles. The van der Waals surface area contributed by atoms with Crippen LogP contribution >= 0.6 is 11.6 Å². The second-order valence-electron chi connectivity index (χ2n) is 5.55. The molecule has 21 heavy (non-hydrogen) atoms. The van der Waals surface area contributed by atoms with Crippen LogP contribution in [0, 0.1) is 5.92 Å². The summed E-state index contributed by atoms with van der Waals surface area (Å²) in [6, 6.07) is 3.77. The molecule has 2 N–H and O–H groups in total. The van der Waals surface area contributed by atoms with Crippen molar-refractivity contribution in [3.05, 3.63) is 22.7 Å². The van der Waals surface area contributed by atoms with Crippen molar-refractivity contribution in [1.82, 2.24) is 5.32 Å². The number of nitrogens with one attached hydrogen (secondary N) is 1. The molecule has 0 heterocycles. The Labute approximate surface area is 132 Å². The third-order valence-electron chi connectivity index (χ3n) is 3.49. The lowest BCUT2D eigenvalue weighted by Crippen LogP contribution is -2.26. The van der Waals surface area contributed by atoms with Crippen LogP contribution in [-0.4, -0.2) is 32.0 Å². The van der Waals surface area contributed by atoms with Crippen molar-refractivity contribution < 1.29 is 14.6 Å². The predicted octanol–water partition coefficient (Wildman–Crippen LogP) is 3.41. The van der Waals surface area contributed by atoms with Crippen molar-refractivity contribution >= 4 is 11.6 Å². The minimum Gasteiger partial charge on any atom is -0.496 e. The number of ether oxygens (including phenoxy) is 2. The minimum atomic E-state index is -0.276. The zero-order valence-electron chi connectivity index (χ0n) is 13.4. The van der Waals surface area contributed by atoms with E-state index in [-0.39, 0.29) is 12.1 Å². The van der Waals surface area contributed by atoms with Crippen LogP contribution in [0.3, 0.4) is 0 Å². The van der Waals surface area contributed by atoms with Crippen molar-refractivity contribution in [3.8, 4) is 11.5 Å². The number of aliphatic hydroxyl groups is 1. The highest BCUT2D eigenvalue weighted by molar-refractivity contribution is 6.32. The number of hydrogen-bond donors (Lipinski definition) is 2. The molecule has 0 fully saturated rings. The normalized spacial score (nSPS) is 15.4. The fourth-order valence-electron chi connectivity index (χ4n) is 2.38. The van der Waals surface area contributed by atoms with Gasteiger partial charge < -0.3 is 19.9 Å². The molecule has 120 valence electrons. The summed E-state index contributed by atoms with van der Waals surface area (Å²) < 4.78 is 10.6. The van der Waals surface area contributed by atoms with Crippen LogP contribution in [0.15, 0.2) is 12.1 Å². The topological polar surface area (TPSA) is 50.7 Å². The number of methoxy groups -OCH3 is 2. The quantitative estimate of drug-likeness (QED) is 0.772. The van der Waals surface area contributed by atoms with Gasteiger partial charge in [0.05, 0.1) is 25.3 Å². The Morgan fingerprint density at radius 1 is 1.14 bits per heavy atom. The minimum absolute atomic E-state index is 0.0970. The number of halogens is 1. The summed E-state index contributed by atoms with van der Waals surface area (Å²) in [6.07, 6.45) is 0.502. The molecule has 0 bridgehead atoms. The van der Waals surface area contributed by atoms with Crippen LogP contribution in [0.2, 0.25) is 5.02 Å². The highest BCUT2D eigenvalue weighted by Gasteiger charge is 2.16. The molecule has 1 aromatic carbocycles. The summed E-state index contributed by atoms with van der Waals surface area (Å²) in [6.45, 7) is 6.81. The van der Waals surface area contributed by atoms with Gasteiger partial charge in [-0.25, -0.2) is 0 Å². The van der Waals surface area contributed by atoms with Gasteiger partial charge in [-0.1, -0.05) is 18.5 Å². The molecule has 1 rings (SSSR count). The van der Waals surface area contributed by atoms with Gasteiger partial charge in [-0.2, -0.15) is 0 Å². The fraction of sp³-hybridized carbons (Fsp3) is 0.625. The third-order valence-corrected chi connectivity index (χ3v) is 3.78. The van der Waals surface area contributed by atoms with Gasteiger partial charge in [0.25, 0.3) is 0 Å². The lowest BCUT2D eigenvalue weighted by atomic mass is 10.0. The molecular formula is C16H26ClNO3. The SMILES string of the molecule is COc1cc(OC)c(C(C)NCC(C)CC(C)O)cc1Cl. The Balaban J connectivity index is 2.77. The summed E-state index contributed by atoms with van der Waals surface area (Å²) in [4.78, 5) is 0. The second-order valence-corrected chi connectivity index (χ2v) is 5.96. The van der Waals surface area contributed by atoms with Crippen LogP contribution in [0.5, 0.6) is 11.5 Å². The van der Waals surface area contributed by atoms with Crippen LogP contribution in [0.1, 0.15) is 38.8 Å². The van der Waals surface area contributed by atoms with Crippen LogP contribution in [-0.2, 0) is 0 Å². The monoisotopic (exact) mass is 315 g/mol. The average molecular weight is 316 g/mol. The first kappa shape index (κ1) is 18.1. The number of aliphatic hydroxyl groups excluding tert-OH is 1. The maximum Gasteiger partial charge on any atom is 0.141 e. The van der Waals surface area contributed by atoms with E-state index in [1.165, 1.54) is 0 Å². The highest BCUT2D eigenvalue weighted by Crippen LogP contribution is 2.35. The molecule has 1 aromatic rings. The summed E-state index contributed by atoms with van der Waals surface area (Å²) in [5.74, 6) is 1.75. The molecule has 0 saturated carbocycles. The molecular weight excluding hydrogens is 290 g/mol. The average Bonchev–Trinajstić information content (AvgIpc) is 2.43. The first-order chi connectivity index (χ1) is 9.88. The van der Waals surface area contributed by atoms with E-state index in [4.69, 9.17) is 21.1 Å². The lowest BCUT2D eigenvalue weighted by molar-refractivity contribution is 0.162. The van der Waals surface area contributed by atoms with Gasteiger partial charge in [-0.05, 0) is 38.8 Å². The standard InChI is InChI=1S/C16H26ClNO3/c1-10(6-11(2)19)9-18-12(3)13-7-14(17)16(21-5)8-15(13)20-4/h7-8,10-12,18-19H,6,9H2,1-5H3. The molecule has 0 saturated heterocycles. The molecule has 5 heteroatoms. The van der Waals surface area contributed by atoms with E-state index in [2.05, 4.69) is 19.2 Å². The fourth-order valence-corrected chi connectivity index (χ4v) is 2.62. The molecule has 0 aliphatic rings. The van der Waals surface area contributed by atoms with Gasteiger partial charge >= 0.3 is 0 Å². The molecule has 0 aliphatic carbocycles. The maximum atomic E-state index is 9.40. The second kappa shape index (κ2) is 8.47. The predicted molar refractivity (Wildman–Crippen MR) is 86.4 cm³/mol. The summed E-state index contributed by atoms with van der Waals surface area (Å²) in [5.41, 5.74) is 0.993. The Morgan fingerprint density at radius 3 is 2.29 bits per heavy atom. The van der Waals surface area contributed by atoms with E-state index in [9.17, 15) is 5.11 Å². The van der Waals surface area contributed by atoms with Gasteiger partial charge in [-0.3, -0.25) is 0 Å². The number of benzene rings is 1. The van der Waals surface area contributed by atoms with E-state index < -0.39 is 0 Å². The van der Waals surface area contributed by atoms with E-state index in [1.807, 2.05) is 13.0 Å². The Hall–Kier alpha value is -0.970. The molecule has 0 spiro atoms. The van der Waals surface area contributed by atoms with E-state index in [0.29, 0.717) is 16.7 Å². The van der Waals surface area contributed by atoms with Gasteiger partial charge in [0.2, 0.25) is 0 Å². The smallest absolute Gasteiger partial charge is 0.141 e. The van der Waals surface area contributed by atoms with Gasteiger partial charge in [-0.15, -0.1) is 0 Å². The first-order valence-electron chi connectivity index (χ1n) is 7.21. The molecule has 3 atom stereocenters. The van der Waals surface area contributed by atoms with E-state index in [1.54, 1.807) is 20.3 Å². The van der Waals surface area contributed by atoms with Crippen LogP contribution < -0.4 is 14.8 Å². The molecule has 3 unspecified atom stereocenters. The molecule has 0 aromatic heterocycles. The van der Waals surface area contributed by atoms with Gasteiger partial charge in [0.15, 0.2) is 0 Å². The number of hydrogen-bond acceptors (Lipinski definition) is 4. The van der Waals surface area contributed by atoms with Gasteiger partial charge in [0, 0.05) is 17.7 Å². The van der Waals surface area contributed by atoms with Crippen molar-refractivity contribution in [2.45, 2.75) is 39.3 Å².